The number of rotatable bonds is 14. The van der Waals surface area contributed by atoms with E-state index in [-0.39, 0.29) is 11.1 Å². The van der Waals surface area contributed by atoms with Gasteiger partial charge in [0.25, 0.3) is 0 Å². The Hall–Kier alpha value is -1.10. The summed E-state index contributed by atoms with van der Waals surface area (Å²) in [4.78, 5) is 0. The molecule has 3 nitrogen and oxygen atoms in total. The summed E-state index contributed by atoms with van der Waals surface area (Å²) in [6.45, 7) is 4.33. The van der Waals surface area contributed by atoms with Crippen molar-refractivity contribution in [2.45, 2.75) is 89.7 Å². The number of hydrogen-bond donors (Lipinski definition) is 1. The molecule has 0 fully saturated rings. The SMILES string of the molecule is CCCCCCCC(CCCCCC)S(=O)(=O)Nc1ccc(F)cc1. The summed E-state index contributed by atoms with van der Waals surface area (Å²) in [5.41, 5.74) is 0.436. The predicted molar refractivity (Wildman–Crippen MR) is 105 cm³/mol. The van der Waals surface area contributed by atoms with Crippen molar-refractivity contribution in [3.8, 4) is 0 Å². The molecule has 0 aromatic heterocycles. The molecular weight excluding hydrogens is 337 g/mol. The highest BCUT2D eigenvalue weighted by Crippen LogP contribution is 2.22. The van der Waals surface area contributed by atoms with Gasteiger partial charge in [-0.05, 0) is 37.1 Å². The summed E-state index contributed by atoms with van der Waals surface area (Å²) in [6.07, 6.45) is 11.3. The highest BCUT2D eigenvalue weighted by atomic mass is 32.2. The van der Waals surface area contributed by atoms with Crippen molar-refractivity contribution >= 4 is 15.7 Å². The summed E-state index contributed by atoms with van der Waals surface area (Å²) in [5.74, 6) is -0.366. The molecule has 0 spiro atoms. The summed E-state index contributed by atoms with van der Waals surface area (Å²) in [5, 5.41) is -0.365. The standard InChI is InChI=1S/C20H34FNO2S/c1-3-5-7-9-11-13-20(12-10-8-6-4-2)25(23,24)22-19-16-14-18(21)15-17-19/h14-17,20,22H,3-13H2,1-2H3. The molecule has 0 aliphatic heterocycles. The quantitative estimate of drug-likeness (QED) is 0.392. The molecule has 1 aromatic rings. The Bertz CT molecular complexity index is 558. The van der Waals surface area contributed by atoms with E-state index < -0.39 is 10.0 Å². The van der Waals surface area contributed by atoms with Gasteiger partial charge in [0.2, 0.25) is 10.0 Å². The van der Waals surface area contributed by atoms with Crippen LogP contribution >= 0.6 is 0 Å². The molecule has 144 valence electrons. The van der Waals surface area contributed by atoms with Crippen LogP contribution in [0.5, 0.6) is 0 Å². The first-order valence-electron chi connectivity index (χ1n) is 9.76. The first-order valence-corrected chi connectivity index (χ1v) is 11.3. The highest BCUT2D eigenvalue weighted by molar-refractivity contribution is 7.93. The van der Waals surface area contributed by atoms with Gasteiger partial charge >= 0.3 is 0 Å². The van der Waals surface area contributed by atoms with Gasteiger partial charge in [-0.1, -0.05) is 71.6 Å². The lowest BCUT2D eigenvalue weighted by Gasteiger charge is -2.19. The van der Waals surface area contributed by atoms with Crippen LogP contribution in [0.15, 0.2) is 24.3 Å². The maximum atomic E-state index is 13.0. The van der Waals surface area contributed by atoms with Crippen molar-refractivity contribution in [2.75, 3.05) is 4.72 Å². The Morgan fingerprint density at radius 3 is 1.84 bits per heavy atom. The highest BCUT2D eigenvalue weighted by Gasteiger charge is 2.24. The molecule has 0 saturated heterocycles. The molecule has 0 bridgehead atoms. The molecule has 1 aromatic carbocycles. The van der Waals surface area contributed by atoms with E-state index in [4.69, 9.17) is 0 Å². The fourth-order valence-electron chi connectivity index (χ4n) is 2.99. The van der Waals surface area contributed by atoms with Crippen LogP contribution in [0.4, 0.5) is 10.1 Å². The zero-order valence-corrected chi connectivity index (χ0v) is 16.6. The lowest BCUT2D eigenvalue weighted by molar-refractivity contribution is 0.522. The van der Waals surface area contributed by atoms with E-state index in [0.29, 0.717) is 18.5 Å². The molecule has 0 amide bonds. The molecule has 1 unspecified atom stereocenters. The van der Waals surface area contributed by atoms with E-state index in [0.717, 1.165) is 38.5 Å². The summed E-state index contributed by atoms with van der Waals surface area (Å²) in [6, 6.07) is 5.50. The molecule has 0 aliphatic rings. The van der Waals surface area contributed by atoms with E-state index in [9.17, 15) is 12.8 Å². The third kappa shape index (κ3) is 9.24. The van der Waals surface area contributed by atoms with Crippen LogP contribution < -0.4 is 4.72 Å². The van der Waals surface area contributed by atoms with Crippen LogP contribution in [0.25, 0.3) is 0 Å². The molecule has 5 heteroatoms. The number of sulfonamides is 1. The van der Waals surface area contributed by atoms with Gasteiger partial charge in [0.15, 0.2) is 0 Å². The Labute approximate surface area is 153 Å². The summed E-state index contributed by atoms with van der Waals surface area (Å²) < 4.78 is 41.2. The topological polar surface area (TPSA) is 46.2 Å². The minimum Gasteiger partial charge on any atom is -0.283 e. The van der Waals surface area contributed by atoms with Crippen molar-refractivity contribution in [3.05, 3.63) is 30.1 Å². The zero-order valence-electron chi connectivity index (χ0n) is 15.8. The molecule has 0 aliphatic carbocycles. The fraction of sp³-hybridized carbons (Fsp3) is 0.700. The number of halogens is 1. The van der Waals surface area contributed by atoms with Gasteiger partial charge in [0.1, 0.15) is 5.82 Å². The van der Waals surface area contributed by atoms with Gasteiger partial charge < -0.3 is 0 Å². The van der Waals surface area contributed by atoms with Crippen LogP contribution in [-0.4, -0.2) is 13.7 Å². The number of hydrogen-bond acceptors (Lipinski definition) is 2. The van der Waals surface area contributed by atoms with Gasteiger partial charge in [-0.3, -0.25) is 4.72 Å². The second kappa shape index (κ2) is 12.3. The largest absolute Gasteiger partial charge is 0.283 e. The predicted octanol–water partition coefficient (Wildman–Crippen LogP) is 6.27. The number of nitrogens with one attached hydrogen (secondary N) is 1. The molecule has 25 heavy (non-hydrogen) atoms. The van der Waals surface area contributed by atoms with Gasteiger partial charge in [0, 0.05) is 5.69 Å². The fourth-order valence-corrected chi connectivity index (χ4v) is 4.58. The normalized spacial score (nSPS) is 12.9. The van der Waals surface area contributed by atoms with Crippen LogP contribution in [-0.2, 0) is 10.0 Å². The Balaban J connectivity index is 2.64. The van der Waals surface area contributed by atoms with Gasteiger partial charge in [-0.25, -0.2) is 12.8 Å². The van der Waals surface area contributed by atoms with Crippen LogP contribution in [0, 0.1) is 5.82 Å². The third-order valence-corrected chi connectivity index (χ3v) is 6.42. The minimum absolute atomic E-state index is 0.365. The Kier molecular flexibility index (Phi) is 10.8. The van der Waals surface area contributed by atoms with Crippen LogP contribution in [0.2, 0.25) is 0 Å². The van der Waals surface area contributed by atoms with Gasteiger partial charge in [-0.2, -0.15) is 0 Å². The number of anilines is 1. The van der Waals surface area contributed by atoms with Crippen molar-refractivity contribution < 1.29 is 12.8 Å². The Morgan fingerprint density at radius 1 is 0.840 bits per heavy atom. The first-order chi connectivity index (χ1) is 12.0. The van der Waals surface area contributed by atoms with Crippen molar-refractivity contribution in [2.24, 2.45) is 0 Å². The first kappa shape index (κ1) is 21.9. The van der Waals surface area contributed by atoms with Crippen molar-refractivity contribution in [1.82, 2.24) is 0 Å². The molecule has 1 rings (SSSR count). The molecule has 0 saturated carbocycles. The van der Waals surface area contributed by atoms with Crippen LogP contribution in [0.1, 0.15) is 84.5 Å². The van der Waals surface area contributed by atoms with Gasteiger partial charge in [-0.15, -0.1) is 0 Å². The Morgan fingerprint density at radius 2 is 1.32 bits per heavy atom. The molecule has 1 N–H and O–H groups in total. The minimum atomic E-state index is -3.44. The van der Waals surface area contributed by atoms with E-state index in [1.54, 1.807) is 0 Å². The van der Waals surface area contributed by atoms with E-state index >= 15 is 0 Å². The maximum absolute atomic E-state index is 13.0. The molecule has 0 heterocycles. The lowest BCUT2D eigenvalue weighted by Crippen LogP contribution is -2.28. The monoisotopic (exact) mass is 371 g/mol. The second-order valence-electron chi connectivity index (χ2n) is 6.83. The maximum Gasteiger partial charge on any atom is 0.235 e. The van der Waals surface area contributed by atoms with Crippen molar-refractivity contribution in [3.63, 3.8) is 0 Å². The number of unbranched alkanes of at least 4 members (excludes halogenated alkanes) is 7. The zero-order chi connectivity index (χ0) is 18.5. The molecular formula is C20H34FNO2S. The van der Waals surface area contributed by atoms with Crippen molar-refractivity contribution in [1.29, 1.82) is 0 Å². The summed E-state index contributed by atoms with van der Waals surface area (Å²) >= 11 is 0. The van der Waals surface area contributed by atoms with E-state index in [1.165, 1.54) is 43.5 Å². The third-order valence-electron chi connectivity index (χ3n) is 4.55. The van der Waals surface area contributed by atoms with Gasteiger partial charge in [0.05, 0.1) is 5.25 Å². The number of benzene rings is 1. The average molecular weight is 372 g/mol. The van der Waals surface area contributed by atoms with E-state index in [2.05, 4.69) is 18.6 Å². The smallest absolute Gasteiger partial charge is 0.235 e. The molecule has 1 atom stereocenters. The lowest BCUT2D eigenvalue weighted by atomic mass is 10.0. The van der Waals surface area contributed by atoms with E-state index in [1.807, 2.05) is 0 Å². The second-order valence-corrected chi connectivity index (χ2v) is 8.79. The average Bonchev–Trinajstić information content (AvgIpc) is 2.58. The molecule has 0 radical (unpaired) electrons. The summed E-state index contributed by atoms with van der Waals surface area (Å²) in [7, 11) is -3.44. The van der Waals surface area contributed by atoms with Crippen LogP contribution in [0.3, 0.4) is 0 Å².